The Morgan fingerprint density at radius 2 is 1.45 bits per heavy atom. The third kappa shape index (κ3) is 8.81. The molecule has 5 rings (SSSR count). The summed E-state index contributed by atoms with van der Waals surface area (Å²) in [5, 5.41) is 0. The summed E-state index contributed by atoms with van der Waals surface area (Å²) in [6.45, 7) is 15.7. The van der Waals surface area contributed by atoms with Crippen molar-refractivity contribution >= 4 is 5.97 Å². The highest BCUT2D eigenvalue weighted by molar-refractivity contribution is 5.89. The van der Waals surface area contributed by atoms with Crippen LogP contribution in [0.5, 0.6) is 5.75 Å². The van der Waals surface area contributed by atoms with Gasteiger partial charge in [0.1, 0.15) is 11.9 Å². The van der Waals surface area contributed by atoms with Crippen molar-refractivity contribution in [3.05, 3.63) is 29.8 Å². The van der Waals surface area contributed by atoms with Gasteiger partial charge < -0.3 is 9.47 Å². The predicted octanol–water partition coefficient (Wildman–Crippen LogP) is 12.9. The molecular formula is C44H72O3. The van der Waals surface area contributed by atoms with Gasteiger partial charge in [0.05, 0.1) is 12.2 Å². The second-order valence-corrected chi connectivity index (χ2v) is 17.8. The van der Waals surface area contributed by atoms with Crippen LogP contribution in [0.4, 0.5) is 0 Å². The number of fused-ring (bicyclic) bond motifs is 5. The number of carbonyl (C=O) groups excluding carboxylic acids is 1. The Morgan fingerprint density at radius 1 is 0.766 bits per heavy atom. The van der Waals surface area contributed by atoms with Crippen LogP contribution in [0, 0.1) is 52.3 Å². The largest absolute Gasteiger partial charge is 0.494 e. The number of hydrogen-bond acceptors (Lipinski definition) is 3. The average molecular weight is 649 g/mol. The van der Waals surface area contributed by atoms with E-state index in [1.165, 1.54) is 109 Å². The van der Waals surface area contributed by atoms with Crippen molar-refractivity contribution in [1.82, 2.24) is 0 Å². The molecule has 0 bridgehead atoms. The summed E-state index contributed by atoms with van der Waals surface area (Å²) >= 11 is 0. The molecule has 0 N–H and O–H groups in total. The van der Waals surface area contributed by atoms with E-state index in [1.54, 1.807) is 0 Å². The molecule has 0 amide bonds. The molecule has 0 radical (unpaired) electrons. The normalized spacial score (nSPS) is 33.9. The van der Waals surface area contributed by atoms with E-state index in [-0.39, 0.29) is 12.1 Å². The minimum Gasteiger partial charge on any atom is -0.494 e. The first-order valence-corrected chi connectivity index (χ1v) is 20.6. The van der Waals surface area contributed by atoms with Gasteiger partial charge in [-0.25, -0.2) is 4.79 Å². The topological polar surface area (TPSA) is 35.5 Å². The molecule has 0 heterocycles. The van der Waals surface area contributed by atoms with Gasteiger partial charge in [-0.3, -0.25) is 0 Å². The first-order valence-electron chi connectivity index (χ1n) is 20.6. The van der Waals surface area contributed by atoms with E-state index in [1.807, 2.05) is 24.3 Å². The summed E-state index contributed by atoms with van der Waals surface area (Å²) in [6.07, 6.45) is 26.5. The van der Waals surface area contributed by atoms with Crippen LogP contribution in [0.1, 0.15) is 180 Å². The van der Waals surface area contributed by atoms with Gasteiger partial charge in [-0.05, 0) is 141 Å². The molecule has 47 heavy (non-hydrogen) atoms. The maximum atomic E-state index is 13.2. The maximum absolute atomic E-state index is 13.2. The molecule has 1 aromatic rings. The Morgan fingerprint density at radius 3 is 2.17 bits per heavy atom. The van der Waals surface area contributed by atoms with Crippen molar-refractivity contribution in [2.75, 3.05) is 6.61 Å². The summed E-state index contributed by atoms with van der Waals surface area (Å²) in [5.41, 5.74) is 1.63. The average Bonchev–Trinajstić information content (AvgIpc) is 3.41. The Kier molecular flexibility index (Phi) is 13.2. The van der Waals surface area contributed by atoms with Gasteiger partial charge in [-0.1, -0.05) is 106 Å². The zero-order valence-electron chi connectivity index (χ0n) is 31.5. The maximum Gasteiger partial charge on any atom is 0.338 e. The number of carbonyl (C=O) groups is 1. The third-order valence-corrected chi connectivity index (χ3v) is 14.4. The van der Waals surface area contributed by atoms with Crippen LogP contribution in [0.2, 0.25) is 0 Å². The SMILES string of the molecule is CCCCCCCCCCOc1ccc(C(=O)O[C@H]2CC[C@@]3(C)[C@@H](CC[C@@H]4[C@@H]3CC[C@]3(C)[C@@H]([C@H](C)CCCC(C)C)CC[C@@H]43)C2)cc1. The number of rotatable bonds is 17. The van der Waals surface area contributed by atoms with Crippen LogP contribution in [0.15, 0.2) is 24.3 Å². The number of ether oxygens (including phenoxy) is 2. The lowest BCUT2D eigenvalue weighted by molar-refractivity contribution is -0.130. The summed E-state index contributed by atoms with van der Waals surface area (Å²) in [6, 6.07) is 7.67. The first-order chi connectivity index (χ1) is 22.7. The molecule has 3 nitrogen and oxygen atoms in total. The van der Waals surface area contributed by atoms with E-state index in [2.05, 4.69) is 41.5 Å². The summed E-state index contributed by atoms with van der Waals surface area (Å²) in [5.74, 6) is 6.74. The number of benzene rings is 1. The lowest BCUT2D eigenvalue weighted by Gasteiger charge is -2.61. The number of unbranched alkanes of at least 4 members (excludes halogenated alkanes) is 7. The molecule has 0 aliphatic heterocycles. The molecule has 0 saturated heterocycles. The van der Waals surface area contributed by atoms with E-state index in [0.717, 1.165) is 67.1 Å². The fourth-order valence-electron chi connectivity index (χ4n) is 11.7. The van der Waals surface area contributed by atoms with E-state index >= 15 is 0 Å². The van der Waals surface area contributed by atoms with Crippen LogP contribution >= 0.6 is 0 Å². The fourth-order valence-corrected chi connectivity index (χ4v) is 11.7. The molecule has 4 fully saturated rings. The molecule has 4 aliphatic rings. The van der Waals surface area contributed by atoms with Crippen molar-refractivity contribution in [3.63, 3.8) is 0 Å². The standard InChI is InChI=1S/C44H72O3/c1-7-8-9-10-11-12-13-14-30-46-36-21-18-34(19-22-36)42(45)47-37-26-28-43(5)35(31-37)20-23-38-40-25-24-39(33(4)17-15-16-32(2)3)44(40,6)29-27-41(38)43/h18-19,21-22,32-33,35,37-41H,7-17,20,23-31H2,1-6H3/t33-,35+,37+,38+,39-,40+,41+,43+,44-/m1/s1. The highest BCUT2D eigenvalue weighted by Crippen LogP contribution is 2.68. The van der Waals surface area contributed by atoms with Crippen molar-refractivity contribution < 1.29 is 14.3 Å². The van der Waals surface area contributed by atoms with E-state index in [9.17, 15) is 4.79 Å². The van der Waals surface area contributed by atoms with E-state index < -0.39 is 0 Å². The van der Waals surface area contributed by atoms with Gasteiger partial charge in [0.2, 0.25) is 0 Å². The molecule has 4 saturated carbocycles. The smallest absolute Gasteiger partial charge is 0.338 e. The lowest BCUT2D eigenvalue weighted by Crippen LogP contribution is -2.54. The zero-order valence-corrected chi connectivity index (χ0v) is 31.5. The van der Waals surface area contributed by atoms with Crippen molar-refractivity contribution in [2.45, 2.75) is 176 Å². The van der Waals surface area contributed by atoms with Crippen LogP contribution in [-0.4, -0.2) is 18.7 Å². The minimum atomic E-state index is -0.158. The summed E-state index contributed by atoms with van der Waals surface area (Å²) in [7, 11) is 0. The zero-order chi connectivity index (χ0) is 33.4. The van der Waals surface area contributed by atoms with Crippen molar-refractivity contribution in [2.24, 2.45) is 52.3 Å². The van der Waals surface area contributed by atoms with Crippen LogP contribution in [-0.2, 0) is 4.74 Å². The van der Waals surface area contributed by atoms with Gasteiger partial charge >= 0.3 is 5.97 Å². The number of esters is 1. The predicted molar refractivity (Wildman–Crippen MR) is 197 cm³/mol. The van der Waals surface area contributed by atoms with Gasteiger partial charge in [-0.15, -0.1) is 0 Å². The fraction of sp³-hybridized carbons (Fsp3) is 0.841. The Labute approximate surface area is 290 Å². The molecule has 9 atom stereocenters. The molecule has 0 unspecified atom stereocenters. The van der Waals surface area contributed by atoms with Crippen LogP contribution in [0.3, 0.4) is 0 Å². The van der Waals surface area contributed by atoms with E-state index in [4.69, 9.17) is 9.47 Å². The third-order valence-electron chi connectivity index (χ3n) is 14.4. The van der Waals surface area contributed by atoms with Crippen LogP contribution in [0.25, 0.3) is 0 Å². The molecule has 3 heteroatoms. The Bertz CT molecular complexity index is 1090. The molecular weight excluding hydrogens is 576 g/mol. The summed E-state index contributed by atoms with van der Waals surface area (Å²) in [4.78, 5) is 13.2. The quantitative estimate of drug-likeness (QED) is 0.125. The highest BCUT2D eigenvalue weighted by Gasteiger charge is 2.60. The van der Waals surface area contributed by atoms with Gasteiger partial charge in [-0.2, -0.15) is 0 Å². The molecule has 266 valence electrons. The lowest BCUT2D eigenvalue weighted by atomic mass is 9.44. The first kappa shape index (κ1) is 36.8. The summed E-state index contributed by atoms with van der Waals surface area (Å²) < 4.78 is 12.2. The van der Waals surface area contributed by atoms with Gasteiger partial charge in [0, 0.05) is 0 Å². The molecule has 0 spiro atoms. The molecule has 4 aliphatic carbocycles. The van der Waals surface area contributed by atoms with Gasteiger partial charge in [0.15, 0.2) is 0 Å². The second-order valence-electron chi connectivity index (χ2n) is 17.8. The minimum absolute atomic E-state index is 0.0615. The van der Waals surface area contributed by atoms with Crippen molar-refractivity contribution in [3.8, 4) is 5.75 Å². The Hall–Kier alpha value is -1.51. The second kappa shape index (κ2) is 16.9. The van der Waals surface area contributed by atoms with Gasteiger partial charge in [0.25, 0.3) is 0 Å². The molecule has 0 aromatic heterocycles. The molecule has 1 aromatic carbocycles. The van der Waals surface area contributed by atoms with E-state index in [0.29, 0.717) is 22.3 Å². The van der Waals surface area contributed by atoms with Crippen LogP contribution < -0.4 is 4.74 Å². The van der Waals surface area contributed by atoms with Crippen molar-refractivity contribution in [1.29, 1.82) is 0 Å². The monoisotopic (exact) mass is 649 g/mol. The number of hydrogen-bond donors (Lipinski definition) is 0. The Balaban J connectivity index is 1.06. The highest BCUT2D eigenvalue weighted by atomic mass is 16.5.